The first-order valence-electron chi connectivity index (χ1n) is 10.4. The van der Waals surface area contributed by atoms with Crippen LogP contribution in [-0.4, -0.2) is 16.0 Å². The number of anilines is 1. The van der Waals surface area contributed by atoms with E-state index in [2.05, 4.69) is 5.32 Å². The smallest absolute Gasteiger partial charge is 0.323 e. The molecule has 1 saturated carbocycles. The summed E-state index contributed by atoms with van der Waals surface area (Å²) in [5, 5.41) is 2.12. The maximum Gasteiger partial charge on any atom is 0.419 e. The van der Waals surface area contributed by atoms with Gasteiger partial charge in [-0.1, -0.05) is 48.0 Å². The molecule has 0 unspecified atom stereocenters. The third-order valence-corrected chi connectivity index (χ3v) is 7.07. The molecule has 2 atom stereocenters. The van der Waals surface area contributed by atoms with Crippen LogP contribution in [0.3, 0.4) is 0 Å². The van der Waals surface area contributed by atoms with E-state index >= 15 is 0 Å². The molecule has 1 amide bonds. The Bertz CT molecular complexity index is 1350. The molecule has 1 fully saturated rings. The predicted octanol–water partition coefficient (Wildman–Crippen LogP) is 7.59. The van der Waals surface area contributed by atoms with Gasteiger partial charge in [0, 0.05) is 17.9 Å². The molecule has 0 spiro atoms. The molecule has 0 aliphatic heterocycles. The van der Waals surface area contributed by atoms with Crippen LogP contribution in [0.5, 0.6) is 0 Å². The number of hydrogen-bond donors (Lipinski definition) is 1. The summed E-state index contributed by atoms with van der Waals surface area (Å²) in [6.45, 7) is 0. The number of benzene rings is 3. The Kier molecular flexibility index (Phi) is 7.07. The number of rotatable bonds is 6. The van der Waals surface area contributed by atoms with Gasteiger partial charge in [-0.3, -0.25) is 9.59 Å². The zero-order valence-electron chi connectivity index (χ0n) is 18.0. The van der Waals surface area contributed by atoms with Crippen molar-refractivity contribution in [2.45, 2.75) is 22.8 Å². The first-order valence-corrected chi connectivity index (χ1v) is 11.6. The normalized spacial score (nSPS) is 18.6. The third-order valence-electron chi connectivity index (χ3n) is 5.81. The number of carbonyl (C=O) groups excluding carboxylic acids is 2. The molecule has 0 aromatic heterocycles. The lowest BCUT2D eigenvalue weighted by molar-refractivity contribution is -0.140. The molecule has 1 N–H and O–H groups in total. The largest absolute Gasteiger partial charge is 0.419 e. The molecule has 1 aliphatic carbocycles. The number of Topliss-reactive ketones (excluding diaryl/α,β-unsaturated/α-hetero) is 1. The van der Waals surface area contributed by atoms with Gasteiger partial charge in [-0.2, -0.15) is 13.2 Å². The second-order valence-electron chi connectivity index (χ2n) is 8.25. The third kappa shape index (κ3) is 5.21. The minimum absolute atomic E-state index is 0.0249. The Balaban J connectivity index is 1.56. The quantitative estimate of drug-likeness (QED) is 0.191. The van der Waals surface area contributed by atoms with Crippen LogP contribution in [-0.2, 0) is 17.4 Å². The van der Waals surface area contributed by atoms with Gasteiger partial charge in [0.25, 0.3) is 0 Å². The van der Waals surface area contributed by atoms with Crippen LogP contribution >= 0.6 is 34.8 Å². The maximum absolute atomic E-state index is 14.6. The van der Waals surface area contributed by atoms with E-state index in [4.69, 9.17) is 34.8 Å². The Labute approximate surface area is 217 Å². The average molecular weight is 563 g/mol. The van der Waals surface area contributed by atoms with Gasteiger partial charge in [-0.15, -0.1) is 23.2 Å². The summed E-state index contributed by atoms with van der Waals surface area (Å²) in [5.74, 6) is -6.15. The molecular weight excluding hydrogens is 548 g/mol. The fraction of sp³-hybridized carbons (Fsp3) is 0.200. The molecule has 3 nitrogen and oxygen atoms in total. The van der Waals surface area contributed by atoms with E-state index < -0.39 is 51.2 Å². The van der Waals surface area contributed by atoms with Gasteiger partial charge in [-0.25, -0.2) is 8.78 Å². The maximum atomic E-state index is 14.6. The molecule has 3 aromatic carbocycles. The standard InChI is InChI=1S/C25H15Cl3F5NO2/c26-16-11-18(30)19(10-14(16)20(35)8-12-4-2-1-3-5-12)34-23(36)22-21(24(22,27)28)13-6-7-17(29)15(9-13)25(31,32)33/h1-7,9-11,21-22H,8H2,(H,34,36)/t21-,22+/m0/s1. The minimum atomic E-state index is -4.97. The summed E-state index contributed by atoms with van der Waals surface area (Å²) in [6, 6.07) is 12.9. The lowest BCUT2D eigenvalue weighted by Gasteiger charge is -2.11. The lowest BCUT2D eigenvalue weighted by Crippen LogP contribution is -2.18. The van der Waals surface area contributed by atoms with Gasteiger partial charge in [0.2, 0.25) is 5.91 Å². The first kappa shape index (κ1) is 26.4. The van der Waals surface area contributed by atoms with Crippen molar-refractivity contribution < 1.29 is 31.5 Å². The number of nitrogens with one attached hydrogen (secondary N) is 1. The monoisotopic (exact) mass is 561 g/mol. The summed E-state index contributed by atoms with van der Waals surface area (Å²) in [5.41, 5.74) is -1.36. The highest BCUT2D eigenvalue weighted by Crippen LogP contribution is 2.65. The van der Waals surface area contributed by atoms with Gasteiger partial charge in [0.15, 0.2) is 5.78 Å². The molecular formula is C25H15Cl3F5NO2. The molecule has 4 rings (SSSR count). The zero-order chi connectivity index (χ0) is 26.4. The van der Waals surface area contributed by atoms with Crippen LogP contribution < -0.4 is 5.32 Å². The predicted molar refractivity (Wildman–Crippen MR) is 127 cm³/mol. The molecule has 0 radical (unpaired) electrons. The number of hydrogen-bond acceptors (Lipinski definition) is 2. The van der Waals surface area contributed by atoms with Crippen molar-refractivity contribution >= 4 is 52.2 Å². The van der Waals surface area contributed by atoms with Crippen LogP contribution in [0.4, 0.5) is 27.6 Å². The SMILES string of the molecule is O=C(Cc1ccccc1)c1cc(NC(=O)[C@H]2[C@H](c3ccc(F)c(C(F)(F)F)c3)C2(Cl)Cl)c(F)cc1Cl. The van der Waals surface area contributed by atoms with Crippen molar-refractivity contribution in [3.63, 3.8) is 0 Å². The van der Waals surface area contributed by atoms with E-state index in [0.717, 1.165) is 18.2 Å². The Morgan fingerprint density at radius 1 is 0.944 bits per heavy atom. The van der Waals surface area contributed by atoms with Gasteiger partial charge in [0.1, 0.15) is 16.0 Å². The highest BCUT2D eigenvalue weighted by atomic mass is 35.5. The average Bonchev–Trinajstić information content (AvgIpc) is 3.37. The minimum Gasteiger partial charge on any atom is -0.323 e. The number of halogens is 8. The summed E-state index contributed by atoms with van der Waals surface area (Å²) in [7, 11) is 0. The molecule has 0 saturated heterocycles. The molecule has 188 valence electrons. The van der Waals surface area contributed by atoms with E-state index in [1.54, 1.807) is 30.3 Å². The summed E-state index contributed by atoms with van der Waals surface area (Å²) in [4.78, 5) is 25.6. The zero-order valence-corrected chi connectivity index (χ0v) is 20.2. The van der Waals surface area contributed by atoms with Crippen molar-refractivity contribution in [3.05, 3.63) is 99.6 Å². The molecule has 0 heterocycles. The second kappa shape index (κ2) is 9.65. The number of alkyl halides is 5. The summed E-state index contributed by atoms with van der Waals surface area (Å²) >= 11 is 18.4. The summed E-state index contributed by atoms with van der Waals surface area (Å²) < 4.78 is 65.7. The highest BCUT2D eigenvalue weighted by molar-refractivity contribution is 6.53. The Morgan fingerprint density at radius 2 is 1.61 bits per heavy atom. The molecule has 1 aliphatic rings. The van der Waals surface area contributed by atoms with Crippen molar-refractivity contribution in [1.82, 2.24) is 0 Å². The van der Waals surface area contributed by atoms with Crippen LogP contribution in [0.1, 0.15) is 33.0 Å². The fourth-order valence-electron chi connectivity index (χ4n) is 3.97. The van der Waals surface area contributed by atoms with Crippen molar-refractivity contribution in [2.24, 2.45) is 5.92 Å². The molecule has 36 heavy (non-hydrogen) atoms. The van der Waals surface area contributed by atoms with Gasteiger partial charge in [-0.05, 0) is 35.4 Å². The number of carbonyl (C=O) groups is 2. The Morgan fingerprint density at radius 3 is 2.25 bits per heavy atom. The highest BCUT2D eigenvalue weighted by Gasteiger charge is 2.67. The molecule has 0 bridgehead atoms. The number of amides is 1. The van der Waals surface area contributed by atoms with Gasteiger partial charge in [0.05, 0.1) is 22.2 Å². The van der Waals surface area contributed by atoms with E-state index in [1.165, 1.54) is 0 Å². The van der Waals surface area contributed by atoms with E-state index in [-0.39, 0.29) is 28.3 Å². The molecule has 3 aromatic rings. The van der Waals surface area contributed by atoms with E-state index in [1.807, 2.05) is 0 Å². The molecule has 11 heteroatoms. The second-order valence-corrected chi connectivity index (χ2v) is 10.1. The fourth-order valence-corrected chi connectivity index (χ4v) is 5.05. The van der Waals surface area contributed by atoms with Crippen molar-refractivity contribution in [2.75, 3.05) is 5.32 Å². The van der Waals surface area contributed by atoms with Crippen LogP contribution in [0, 0.1) is 17.6 Å². The number of ketones is 1. The topological polar surface area (TPSA) is 46.2 Å². The van der Waals surface area contributed by atoms with Crippen LogP contribution in [0.2, 0.25) is 5.02 Å². The van der Waals surface area contributed by atoms with Crippen molar-refractivity contribution in [3.8, 4) is 0 Å². The van der Waals surface area contributed by atoms with Gasteiger partial charge < -0.3 is 5.32 Å². The summed E-state index contributed by atoms with van der Waals surface area (Å²) in [6.07, 6.45) is -4.99. The van der Waals surface area contributed by atoms with Crippen LogP contribution in [0.25, 0.3) is 0 Å². The lowest BCUT2D eigenvalue weighted by atomic mass is 10.0. The van der Waals surface area contributed by atoms with Crippen molar-refractivity contribution in [1.29, 1.82) is 0 Å². The van der Waals surface area contributed by atoms with Gasteiger partial charge >= 0.3 is 6.18 Å². The first-order chi connectivity index (χ1) is 16.8. The van der Waals surface area contributed by atoms with E-state index in [0.29, 0.717) is 17.7 Å². The van der Waals surface area contributed by atoms with E-state index in [9.17, 15) is 31.5 Å². The Hall–Kier alpha value is -2.68. The van der Waals surface area contributed by atoms with Crippen LogP contribution in [0.15, 0.2) is 60.7 Å².